The molecule has 14 heavy (non-hydrogen) atoms. The molecule has 1 atom stereocenters. The monoisotopic (exact) mass is 369 g/mol. The standard InChI is InChI=1S/C11H15NSe.HI/c1-8(2)12-9(3)13-11-7-5-4-6-10(11)12;/h4-9H,1-3H3;1H. The average molecular weight is 368 g/mol. The molecule has 3 heteroatoms. The number of hydrogen-bond acceptors (Lipinski definition) is 1. The predicted molar refractivity (Wildman–Crippen MR) is 74.3 cm³/mol. The average Bonchev–Trinajstić information content (AvgIpc) is 2.39. The molecule has 0 saturated heterocycles. The molecule has 0 aliphatic carbocycles. The van der Waals surface area contributed by atoms with Crippen LogP contribution < -0.4 is 9.36 Å². The van der Waals surface area contributed by atoms with Crippen molar-refractivity contribution in [3.63, 3.8) is 0 Å². The smallest absolute Gasteiger partial charge is 0.107 e. The van der Waals surface area contributed by atoms with E-state index in [1.165, 1.54) is 5.69 Å². The Kier molecular flexibility index (Phi) is 4.29. The second kappa shape index (κ2) is 4.86. The molecule has 1 unspecified atom stereocenters. The molecule has 0 saturated carbocycles. The minimum atomic E-state index is 0. The first-order valence-corrected chi connectivity index (χ1v) is 6.58. The normalized spacial score (nSPS) is 19.4. The van der Waals surface area contributed by atoms with E-state index in [1.807, 2.05) is 0 Å². The predicted octanol–water partition coefficient (Wildman–Crippen LogP) is 2.21. The first-order chi connectivity index (χ1) is 6.20. The van der Waals surface area contributed by atoms with Gasteiger partial charge in [-0.25, -0.2) is 0 Å². The number of rotatable bonds is 1. The number of nitrogens with zero attached hydrogens (tertiary/aromatic N) is 1. The van der Waals surface area contributed by atoms with Crippen LogP contribution in [0.5, 0.6) is 0 Å². The van der Waals surface area contributed by atoms with Gasteiger partial charge >= 0.3 is 86.0 Å². The van der Waals surface area contributed by atoms with E-state index >= 15 is 0 Å². The maximum atomic E-state index is 2.54. The molecule has 0 bridgehead atoms. The fourth-order valence-electron chi connectivity index (χ4n) is 1.90. The zero-order valence-electron chi connectivity index (χ0n) is 8.73. The number of hydrogen-bond donors (Lipinski definition) is 0. The van der Waals surface area contributed by atoms with Crippen LogP contribution in [0.3, 0.4) is 0 Å². The maximum absolute atomic E-state index is 2.54. The van der Waals surface area contributed by atoms with Crippen LogP contribution in [0.4, 0.5) is 5.69 Å². The molecule has 1 aliphatic heterocycles. The van der Waals surface area contributed by atoms with Crippen molar-refractivity contribution < 1.29 is 0 Å². The van der Waals surface area contributed by atoms with Crippen molar-refractivity contribution >= 4 is 49.1 Å². The minimum Gasteiger partial charge on any atom is -0.107 e. The van der Waals surface area contributed by atoms with Crippen LogP contribution in [-0.2, 0) is 0 Å². The van der Waals surface area contributed by atoms with Gasteiger partial charge in [0.15, 0.2) is 0 Å². The van der Waals surface area contributed by atoms with Gasteiger partial charge < -0.3 is 0 Å². The van der Waals surface area contributed by atoms with Crippen LogP contribution in [-0.4, -0.2) is 25.9 Å². The summed E-state index contributed by atoms with van der Waals surface area (Å²) in [5.74, 6) is 0. The molecule has 2 rings (SSSR count). The SMILES string of the molecule is CC(C)N1c2ccccc2[Se]C1C.I. The van der Waals surface area contributed by atoms with Crippen molar-refractivity contribution in [2.45, 2.75) is 31.8 Å². The van der Waals surface area contributed by atoms with E-state index < -0.39 is 0 Å². The quantitative estimate of drug-likeness (QED) is 0.543. The van der Waals surface area contributed by atoms with E-state index in [1.54, 1.807) is 4.46 Å². The Balaban J connectivity index is 0.000000980. The molecule has 0 radical (unpaired) electrons. The van der Waals surface area contributed by atoms with Crippen molar-refractivity contribution in [2.75, 3.05) is 4.90 Å². The zero-order valence-corrected chi connectivity index (χ0v) is 12.8. The Hall–Kier alpha value is 0.269. The van der Waals surface area contributed by atoms with Crippen LogP contribution in [0.1, 0.15) is 20.8 Å². The summed E-state index contributed by atoms with van der Waals surface area (Å²) in [5.41, 5.74) is 1.46. The van der Waals surface area contributed by atoms with Gasteiger partial charge in [-0.2, -0.15) is 0 Å². The number of para-hydroxylation sites is 1. The molecular formula is C11H16INSe. The molecule has 1 nitrogen and oxygen atoms in total. The Morgan fingerprint density at radius 3 is 2.57 bits per heavy atom. The molecule has 0 fully saturated rings. The molecule has 1 heterocycles. The summed E-state index contributed by atoms with van der Waals surface area (Å²) in [7, 11) is 0. The summed E-state index contributed by atoms with van der Waals surface area (Å²) in [4.78, 5) is 3.26. The fourth-order valence-corrected chi connectivity index (χ4v) is 4.61. The molecule has 0 spiro atoms. The van der Waals surface area contributed by atoms with Gasteiger partial charge in [0.1, 0.15) is 0 Å². The first kappa shape index (κ1) is 12.3. The van der Waals surface area contributed by atoms with Crippen molar-refractivity contribution in [3.05, 3.63) is 24.3 Å². The molecule has 0 aromatic heterocycles. The topological polar surface area (TPSA) is 3.24 Å². The summed E-state index contributed by atoms with van der Waals surface area (Å²) in [6.07, 6.45) is 0. The minimum absolute atomic E-state index is 0. The molecule has 78 valence electrons. The van der Waals surface area contributed by atoms with E-state index in [0.29, 0.717) is 21.0 Å². The Morgan fingerprint density at radius 1 is 1.29 bits per heavy atom. The second-order valence-electron chi connectivity index (χ2n) is 3.69. The molecule has 1 aromatic rings. The van der Waals surface area contributed by atoms with Crippen molar-refractivity contribution in [3.8, 4) is 0 Å². The van der Waals surface area contributed by atoms with Crippen LogP contribution in [0.15, 0.2) is 24.3 Å². The summed E-state index contributed by atoms with van der Waals surface area (Å²) < 4.78 is 1.57. The van der Waals surface area contributed by atoms with Gasteiger partial charge in [0, 0.05) is 0 Å². The fraction of sp³-hybridized carbons (Fsp3) is 0.455. The Bertz CT molecular complexity index is 314. The van der Waals surface area contributed by atoms with Gasteiger partial charge in [-0.1, -0.05) is 0 Å². The van der Waals surface area contributed by atoms with E-state index in [4.69, 9.17) is 0 Å². The van der Waals surface area contributed by atoms with Gasteiger partial charge in [0.25, 0.3) is 0 Å². The van der Waals surface area contributed by atoms with Crippen molar-refractivity contribution in [1.82, 2.24) is 0 Å². The Labute approximate surface area is 109 Å². The molecule has 1 aliphatic rings. The third kappa shape index (κ3) is 2.10. The van der Waals surface area contributed by atoms with Gasteiger partial charge in [-0.05, 0) is 0 Å². The third-order valence-corrected chi connectivity index (χ3v) is 4.84. The number of fused-ring (bicyclic) bond motifs is 1. The van der Waals surface area contributed by atoms with E-state index in [-0.39, 0.29) is 24.0 Å². The van der Waals surface area contributed by atoms with E-state index in [9.17, 15) is 0 Å². The molecule has 0 N–H and O–H groups in total. The summed E-state index contributed by atoms with van der Waals surface area (Å²) in [6, 6.07) is 9.44. The van der Waals surface area contributed by atoms with Gasteiger partial charge in [-0.3, -0.25) is 0 Å². The first-order valence-electron chi connectivity index (χ1n) is 4.74. The molecule has 1 aromatic carbocycles. The summed E-state index contributed by atoms with van der Waals surface area (Å²) in [6.45, 7) is 6.88. The van der Waals surface area contributed by atoms with Crippen molar-refractivity contribution in [1.29, 1.82) is 0 Å². The van der Waals surface area contributed by atoms with Crippen LogP contribution in [0, 0.1) is 0 Å². The number of anilines is 1. The van der Waals surface area contributed by atoms with Gasteiger partial charge in [0.2, 0.25) is 0 Å². The van der Waals surface area contributed by atoms with Crippen LogP contribution >= 0.6 is 24.0 Å². The van der Waals surface area contributed by atoms with E-state index in [2.05, 4.69) is 49.9 Å². The van der Waals surface area contributed by atoms with Gasteiger partial charge in [-0.15, -0.1) is 24.0 Å². The number of benzene rings is 1. The Morgan fingerprint density at radius 2 is 1.93 bits per heavy atom. The maximum Gasteiger partial charge on any atom is -0.107 e. The second-order valence-corrected chi connectivity index (χ2v) is 6.53. The third-order valence-electron chi connectivity index (χ3n) is 2.39. The zero-order chi connectivity index (χ0) is 9.42. The number of halogens is 1. The van der Waals surface area contributed by atoms with Crippen LogP contribution in [0.25, 0.3) is 0 Å². The van der Waals surface area contributed by atoms with Gasteiger partial charge in [0.05, 0.1) is 0 Å². The van der Waals surface area contributed by atoms with Crippen molar-refractivity contribution in [2.24, 2.45) is 0 Å². The van der Waals surface area contributed by atoms with E-state index in [0.717, 1.165) is 4.94 Å². The molecule has 0 amide bonds. The largest absolute Gasteiger partial charge is 0.107 e. The summed E-state index contributed by atoms with van der Waals surface area (Å²) in [5, 5.41) is 0. The molecular weight excluding hydrogens is 352 g/mol. The summed E-state index contributed by atoms with van der Waals surface area (Å²) >= 11 is 0.640. The van der Waals surface area contributed by atoms with Crippen LogP contribution in [0.2, 0.25) is 0 Å².